The topological polar surface area (TPSA) is 92.5 Å². The van der Waals surface area contributed by atoms with Crippen LogP contribution < -0.4 is 5.32 Å². The van der Waals surface area contributed by atoms with Crippen LogP contribution in [0.1, 0.15) is 31.7 Å². The third-order valence-corrected chi connectivity index (χ3v) is 4.29. The van der Waals surface area contributed by atoms with E-state index in [1.807, 2.05) is 6.92 Å². The number of nitro benzene ring substituents is 1. The van der Waals surface area contributed by atoms with Crippen molar-refractivity contribution in [3.8, 4) is 0 Å². The smallest absolute Gasteiger partial charge is 0.269 e. The Labute approximate surface area is 129 Å². The zero-order chi connectivity index (χ0) is 16.2. The van der Waals surface area contributed by atoms with Gasteiger partial charge in [-0.15, -0.1) is 0 Å². The van der Waals surface area contributed by atoms with E-state index in [2.05, 4.69) is 5.32 Å². The molecule has 1 aliphatic rings. The van der Waals surface area contributed by atoms with E-state index in [0.29, 0.717) is 0 Å². The Balaban J connectivity index is 1.95. The monoisotopic (exact) mass is 304 g/mol. The molecule has 22 heavy (non-hydrogen) atoms. The number of rotatable bonds is 5. The lowest BCUT2D eigenvalue weighted by Crippen LogP contribution is -2.44. The number of nitrogens with zero attached hydrogens (tertiary/aromatic N) is 1. The van der Waals surface area contributed by atoms with E-state index in [1.165, 1.54) is 18.2 Å². The molecule has 0 heterocycles. The second-order valence-electron chi connectivity index (χ2n) is 5.95. The van der Waals surface area contributed by atoms with Crippen LogP contribution in [0, 0.1) is 15.5 Å². The Kier molecular flexibility index (Phi) is 4.92. The summed E-state index contributed by atoms with van der Waals surface area (Å²) in [4.78, 5) is 22.1. The van der Waals surface area contributed by atoms with Crippen molar-refractivity contribution in [2.24, 2.45) is 5.41 Å². The minimum Gasteiger partial charge on any atom is -0.396 e. The zero-order valence-electron chi connectivity index (χ0n) is 12.5. The highest BCUT2D eigenvalue weighted by molar-refractivity contribution is 5.92. The van der Waals surface area contributed by atoms with Gasteiger partial charge >= 0.3 is 0 Å². The number of benzene rings is 1. The molecule has 0 spiro atoms. The summed E-state index contributed by atoms with van der Waals surface area (Å²) in [7, 11) is 0. The minimum absolute atomic E-state index is 0.0197. The number of carbonyl (C=O) groups is 1. The number of carbonyl (C=O) groups excluding carboxylic acids is 1. The Morgan fingerprint density at radius 1 is 1.50 bits per heavy atom. The second kappa shape index (κ2) is 6.70. The summed E-state index contributed by atoms with van der Waals surface area (Å²) in [6.45, 7) is 2.04. The normalized spacial score (nSPS) is 24.5. The minimum atomic E-state index is -0.462. The van der Waals surface area contributed by atoms with Crippen molar-refractivity contribution < 1.29 is 14.8 Å². The molecule has 2 rings (SSSR count). The SMILES string of the molecule is CC1(CO)CCCC1NC(=O)/C=C/c1ccc([N+](=O)[O-])cc1. The van der Waals surface area contributed by atoms with Crippen LogP contribution in [0.15, 0.2) is 30.3 Å². The molecule has 1 saturated carbocycles. The van der Waals surface area contributed by atoms with Crippen molar-refractivity contribution >= 4 is 17.7 Å². The summed E-state index contributed by atoms with van der Waals surface area (Å²) in [5, 5.41) is 23.0. The van der Waals surface area contributed by atoms with Gasteiger partial charge in [0.15, 0.2) is 0 Å². The van der Waals surface area contributed by atoms with E-state index in [0.717, 1.165) is 24.8 Å². The third kappa shape index (κ3) is 3.71. The van der Waals surface area contributed by atoms with Gasteiger partial charge in [-0.1, -0.05) is 13.3 Å². The van der Waals surface area contributed by atoms with Gasteiger partial charge in [-0.25, -0.2) is 0 Å². The molecule has 0 aliphatic heterocycles. The van der Waals surface area contributed by atoms with Crippen LogP contribution in [0.3, 0.4) is 0 Å². The predicted molar refractivity (Wildman–Crippen MR) is 83.1 cm³/mol. The number of nitrogens with one attached hydrogen (secondary N) is 1. The van der Waals surface area contributed by atoms with Crippen LogP contribution in [0.5, 0.6) is 0 Å². The summed E-state index contributed by atoms with van der Waals surface area (Å²) in [5.41, 5.74) is 0.486. The van der Waals surface area contributed by atoms with Crippen molar-refractivity contribution in [2.75, 3.05) is 6.61 Å². The molecular weight excluding hydrogens is 284 g/mol. The maximum Gasteiger partial charge on any atom is 0.269 e. The van der Waals surface area contributed by atoms with Crippen LogP contribution in [0.25, 0.3) is 6.08 Å². The molecule has 1 aromatic carbocycles. The molecule has 1 aliphatic carbocycles. The van der Waals surface area contributed by atoms with Crippen molar-refractivity contribution in [1.29, 1.82) is 0 Å². The van der Waals surface area contributed by atoms with Gasteiger partial charge in [0.2, 0.25) is 5.91 Å². The van der Waals surface area contributed by atoms with Crippen LogP contribution in [-0.2, 0) is 4.79 Å². The Morgan fingerprint density at radius 3 is 2.77 bits per heavy atom. The van der Waals surface area contributed by atoms with Crippen LogP contribution >= 0.6 is 0 Å². The fourth-order valence-corrected chi connectivity index (χ4v) is 2.77. The predicted octanol–water partition coefficient (Wildman–Crippen LogP) is 2.28. The van der Waals surface area contributed by atoms with Crippen molar-refractivity contribution in [3.05, 3.63) is 46.0 Å². The van der Waals surface area contributed by atoms with Gasteiger partial charge in [0, 0.05) is 29.7 Å². The average molecular weight is 304 g/mol. The van der Waals surface area contributed by atoms with Gasteiger partial charge in [0.1, 0.15) is 0 Å². The van der Waals surface area contributed by atoms with Crippen LogP contribution in [0.4, 0.5) is 5.69 Å². The molecule has 6 heteroatoms. The summed E-state index contributed by atoms with van der Waals surface area (Å²) in [6.07, 6.45) is 5.80. The molecule has 2 atom stereocenters. The molecule has 2 unspecified atom stereocenters. The van der Waals surface area contributed by atoms with Crippen LogP contribution in [-0.4, -0.2) is 28.6 Å². The zero-order valence-corrected chi connectivity index (χ0v) is 12.5. The van der Waals surface area contributed by atoms with Crippen molar-refractivity contribution in [1.82, 2.24) is 5.32 Å². The number of aliphatic hydroxyl groups excluding tert-OH is 1. The third-order valence-electron chi connectivity index (χ3n) is 4.29. The Hall–Kier alpha value is -2.21. The van der Waals surface area contributed by atoms with Crippen molar-refractivity contribution in [3.63, 3.8) is 0 Å². The first-order chi connectivity index (χ1) is 10.4. The Bertz CT molecular complexity index is 582. The maximum atomic E-state index is 12.0. The number of amides is 1. The first-order valence-corrected chi connectivity index (χ1v) is 7.28. The van der Waals surface area contributed by atoms with Gasteiger partial charge in [0.05, 0.1) is 11.5 Å². The molecule has 0 aromatic heterocycles. The highest BCUT2D eigenvalue weighted by Crippen LogP contribution is 2.37. The number of hydrogen-bond donors (Lipinski definition) is 2. The number of nitro groups is 1. The van der Waals surface area contributed by atoms with Gasteiger partial charge in [-0.2, -0.15) is 0 Å². The van der Waals surface area contributed by atoms with E-state index in [1.54, 1.807) is 18.2 Å². The molecule has 1 aromatic rings. The first-order valence-electron chi connectivity index (χ1n) is 7.28. The van der Waals surface area contributed by atoms with Gasteiger partial charge in [-0.05, 0) is 36.6 Å². The lowest BCUT2D eigenvalue weighted by Gasteiger charge is -2.29. The molecule has 0 bridgehead atoms. The molecule has 1 amide bonds. The lowest BCUT2D eigenvalue weighted by atomic mass is 9.86. The van der Waals surface area contributed by atoms with Gasteiger partial charge < -0.3 is 10.4 Å². The van der Waals surface area contributed by atoms with Gasteiger partial charge in [0.25, 0.3) is 5.69 Å². The van der Waals surface area contributed by atoms with Crippen molar-refractivity contribution in [2.45, 2.75) is 32.2 Å². The highest BCUT2D eigenvalue weighted by atomic mass is 16.6. The number of aliphatic hydroxyl groups is 1. The Morgan fingerprint density at radius 2 is 2.18 bits per heavy atom. The standard InChI is InChI=1S/C16H20N2O4/c1-16(11-19)10-2-3-14(16)17-15(20)9-6-12-4-7-13(8-5-12)18(21)22/h4-9,14,19H,2-3,10-11H2,1H3,(H,17,20)/b9-6+. The quantitative estimate of drug-likeness (QED) is 0.496. The average Bonchev–Trinajstić information content (AvgIpc) is 2.87. The van der Waals surface area contributed by atoms with Crippen LogP contribution in [0.2, 0.25) is 0 Å². The molecule has 118 valence electrons. The highest BCUT2D eigenvalue weighted by Gasteiger charge is 2.38. The molecule has 1 fully saturated rings. The second-order valence-corrected chi connectivity index (χ2v) is 5.95. The fraction of sp³-hybridized carbons (Fsp3) is 0.438. The van der Waals surface area contributed by atoms with E-state index in [9.17, 15) is 20.0 Å². The molecule has 2 N–H and O–H groups in total. The largest absolute Gasteiger partial charge is 0.396 e. The lowest BCUT2D eigenvalue weighted by molar-refractivity contribution is -0.384. The fourth-order valence-electron chi connectivity index (χ4n) is 2.77. The number of non-ortho nitro benzene ring substituents is 1. The summed E-state index contributed by atoms with van der Waals surface area (Å²) < 4.78 is 0. The molecule has 0 radical (unpaired) electrons. The summed E-state index contributed by atoms with van der Waals surface area (Å²) in [6, 6.07) is 5.96. The summed E-state index contributed by atoms with van der Waals surface area (Å²) >= 11 is 0. The van der Waals surface area contributed by atoms with Gasteiger partial charge in [-0.3, -0.25) is 14.9 Å². The maximum absolute atomic E-state index is 12.0. The first kappa shape index (κ1) is 16.2. The molecule has 0 saturated heterocycles. The molecule has 6 nitrogen and oxygen atoms in total. The number of hydrogen-bond acceptors (Lipinski definition) is 4. The summed E-state index contributed by atoms with van der Waals surface area (Å²) in [5.74, 6) is -0.218. The van der Waals surface area contributed by atoms with E-state index in [-0.39, 0.29) is 29.7 Å². The molecular formula is C16H20N2O4. The van der Waals surface area contributed by atoms with E-state index in [4.69, 9.17) is 0 Å². The van der Waals surface area contributed by atoms with E-state index >= 15 is 0 Å². The van der Waals surface area contributed by atoms with E-state index < -0.39 is 4.92 Å².